The van der Waals surface area contributed by atoms with Gasteiger partial charge in [-0.1, -0.05) is 6.07 Å². The van der Waals surface area contributed by atoms with E-state index in [-0.39, 0.29) is 28.3 Å². The fourth-order valence-electron chi connectivity index (χ4n) is 5.99. The molecule has 0 aliphatic heterocycles. The van der Waals surface area contributed by atoms with E-state index < -0.39 is 21.8 Å². The van der Waals surface area contributed by atoms with Crippen LogP contribution < -0.4 is 16.2 Å². The molecule has 32 heavy (non-hydrogen) atoms. The molecule has 0 saturated heterocycles. The summed E-state index contributed by atoms with van der Waals surface area (Å²) in [6.07, 6.45) is 6.43. The molecule has 10 heteroatoms. The zero-order valence-corrected chi connectivity index (χ0v) is 19.2. The second kappa shape index (κ2) is 8.47. The lowest BCUT2D eigenvalue weighted by Crippen LogP contribution is -2.55. The molecule has 4 bridgehead atoms. The molecule has 4 saturated carbocycles. The van der Waals surface area contributed by atoms with Gasteiger partial charge < -0.3 is 5.32 Å². The molecule has 3 amide bonds. The van der Waals surface area contributed by atoms with Crippen molar-refractivity contribution in [2.75, 3.05) is 20.6 Å². The largest absolute Gasteiger partial charge is 0.346 e. The van der Waals surface area contributed by atoms with Gasteiger partial charge in [0, 0.05) is 25.1 Å². The van der Waals surface area contributed by atoms with Crippen molar-refractivity contribution in [3.05, 3.63) is 29.8 Å². The average Bonchev–Trinajstić information content (AvgIpc) is 2.74. The molecule has 0 aromatic heterocycles. The van der Waals surface area contributed by atoms with Crippen LogP contribution in [0, 0.1) is 23.2 Å². The van der Waals surface area contributed by atoms with Crippen molar-refractivity contribution < 1.29 is 22.8 Å². The lowest BCUT2D eigenvalue weighted by molar-refractivity contribution is -0.147. The van der Waals surface area contributed by atoms with E-state index in [2.05, 4.69) is 16.2 Å². The van der Waals surface area contributed by atoms with Crippen LogP contribution in [-0.2, 0) is 19.6 Å². The lowest BCUT2D eigenvalue weighted by atomic mass is 9.49. The van der Waals surface area contributed by atoms with Gasteiger partial charge in [-0.2, -0.15) is 0 Å². The third-order valence-corrected chi connectivity index (χ3v) is 8.93. The van der Waals surface area contributed by atoms with Crippen LogP contribution in [0.5, 0.6) is 0 Å². The fraction of sp³-hybridized carbons (Fsp3) is 0.591. The molecule has 3 N–H and O–H groups in total. The number of sulfonamides is 1. The number of hydrogen-bond acceptors (Lipinski definition) is 5. The Hall–Kier alpha value is -2.46. The van der Waals surface area contributed by atoms with E-state index in [1.165, 1.54) is 57.6 Å². The number of amides is 3. The average molecular weight is 463 g/mol. The normalized spacial score (nSPS) is 28.4. The lowest BCUT2D eigenvalue weighted by Gasteiger charge is -2.55. The molecule has 1 aromatic rings. The van der Waals surface area contributed by atoms with E-state index in [4.69, 9.17) is 0 Å². The minimum absolute atomic E-state index is 0.0238. The number of carbonyl (C=O) groups is 3. The van der Waals surface area contributed by atoms with Crippen LogP contribution in [0.3, 0.4) is 0 Å². The number of nitrogens with zero attached hydrogens (tertiary/aromatic N) is 1. The Morgan fingerprint density at radius 3 is 2.16 bits per heavy atom. The molecule has 4 aliphatic rings. The summed E-state index contributed by atoms with van der Waals surface area (Å²) in [6.45, 7) is -0.226. The van der Waals surface area contributed by atoms with E-state index in [9.17, 15) is 22.8 Å². The summed E-state index contributed by atoms with van der Waals surface area (Å²) in [4.78, 5) is 37.4. The van der Waals surface area contributed by atoms with Crippen molar-refractivity contribution in [1.82, 2.24) is 20.5 Å². The summed E-state index contributed by atoms with van der Waals surface area (Å²) in [7, 11) is -0.878. The van der Waals surface area contributed by atoms with Crippen LogP contribution >= 0.6 is 0 Å². The smallest absolute Gasteiger partial charge is 0.269 e. The van der Waals surface area contributed by atoms with Crippen molar-refractivity contribution in [3.8, 4) is 0 Å². The van der Waals surface area contributed by atoms with E-state index in [1.54, 1.807) is 0 Å². The van der Waals surface area contributed by atoms with Gasteiger partial charge in [-0.25, -0.2) is 12.7 Å². The summed E-state index contributed by atoms with van der Waals surface area (Å²) in [5.41, 5.74) is 4.30. The summed E-state index contributed by atoms with van der Waals surface area (Å²) >= 11 is 0. The van der Waals surface area contributed by atoms with Gasteiger partial charge in [-0.3, -0.25) is 25.2 Å². The molecule has 9 nitrogen and oxygen atoms in total. The monoisotopic (exact) mass is 462 g/mol. The van der Waals surface area contributed by atoms with Gasteiger partial charge in [-0.15, -0.1) is 0 Å². The van der Waals surface area contributed by atoms with Crippen molar-refractivity contribution in [2.24, 2.45) is 23.2 Å². The Morgan fingerprint density at radius 2 is 1.59 bits per heavy atom. The number of rotatable bonds is 6. The highest BCUT2D eigenvalue weighted by Crippen LogP contribution is 2.60. The van der Waals surface area contributed by atoms with E-state index in [1.807, 2.05) is 0 Å². The maximum Gasteiger partial charge on any atom is 0.269 e. The van der Waals surface area contributed by atoms with Crippen molar-refractivity contribution in [2.45, 2.75) is 43.4 Å². The molecular formula is C22H30N4O5S. The summed E-state index contributed by atoms with van der Waals surface area (Å²) in [6, 6.07) is 5.54. The van der Waals surface area contributed by atoms with Gasteiger partial charge in [0.2, 0.25) is 15.9 Å². The maximum atomic E-state index is 12.9. The summed E-state index contributed by atoms with van der Waals surface area (Å²) < 4.78 is 25.5. The van der Waals surface area contributed by atoms with Gasteiger partial charge in [0.25, 0.3) is 11.8 Å². The third-order valence-electron chi connectivity index (χ3n) is 7.12. The van der Waals surface area contributed by atoms with Crippen LogP contribution in [0.1, 0.15) is 48.9 Å². The highest BCUT2D eigenvalue weighted by Gasteiger charge is 2.54. The minimum atomic E-state index is -3.68. The molecule has 0 atom stereocenters. The first kappa shape index (κ1) is 22.7. The predicted octanol–water partition coefficient (Wildman–Crippen LogP) is 1.03. The Balaban J connectivity index is 1.28. The SMILES string of the molecule is CN(C)S(=O)(=O)c1cccc(C(=O)NNC(=O)CNC(=O)C23CC4CC(CC(C4)C2)C3)c1. The predicted molar refractivity (Wildman–Crippen MR) is 117 cm³/mol. The second-order valence-electron chi connectivity index (χ2n) is 9.70. The first-order valence-electron chi connectivity index (χ1n) is 11.0. The molecular weight excluding hydrogens is 432 g/mol. The first-order valence-corrected chi connectivity index (χ1v) is 12.4. The van der Waals surface area contributed by atoms with Crippen LogP contribution in [0.25, 0.3) is 0 Å². The molecule has 5 rings (SSSR count). The van der Waals surface area contributed by atoms with E-state index in [0.29, 0.717) is 17.8 Å². The van der Waals surface area contributed by atoms with Gasteiger partial charge in [0.1, 0.15) is 0 Å². The molecule has 1 aromatic carbocycles. The summed E-state index contributed by atoms with van der Waals surface area (Å²) in [5, 5.41) is 2.76. The van der Waals surface area contributed by atoms with Gasteiger partial charge >= 0.3 is 0 Å². The molecule has 174 valence electrons. The Kier molecular flexibility index (Phi) is 6.02. The van der Waals surface area contributed by atoms with Gasteiger partial charge in [-0.05, 0) is 74.5 Å². The molecule has 4 fully saturated rings. The zero-order chi connectivity index (χ0) is 23.1. The fourth-order valence-corrected chi connectivity index (χ4v) is 6.94. The Bertz CT molecular complexity index is 1000. The molecule has 0 unspecified atom stereocenters. The quantitative estimate of drug-likeness (QED) is 0.545. The number of hydrazine groups is 1. The van der Waals surface area contributed by atoms with E-state index >= 15 is 0 Å². The molecule has 0 heterocycles. The van der Waals surface area contributed by atoms with Crippen LogP contribution in [0.4, 0.5) is 0 Å². The highest BCUT2D eigenvalue weighted by molar-refractivity contribution is 7.89. The van der Waals surface area contributed by atoms with Crippen LogP contribution in [-0.4, -0.2) is 51.1 Å². The van der Waals surface area contributed by atoms with Crippen LogP contribution in [0.15, 0.2) is 29.2 Å². The minimum Gasteiger partial charge on any atom is -0.346 e. The molecule has 0 radical (unpaired) electrons. The number of benzene rings is 1. The summed E-state index contributed by atoms with van der Waals surface area (Å²) in [5.74, 6) is 0.640. The molecule has 4 aliphatic carbocycles. The highest BCUT2D eigenvalue weighted by atomic mass is 32.2. The number of carbonyl (C=O) groups excluding carboxylic acids is 3. The maximum absolute atomic E-state index is 12.9. The van der Waals surface area contributed by atoms with Crippen molar-refractivity contribution in [1.29, 1.82) is 0 Å². The van der Waals surface area contributed by atoms with E-state index in [0.717, 1.165) is 23.6 Å². The number of nitrogens with one attached hydrogen (secondary N) is 3. The number of hydrogen-bond donors (Lipinski definition) is 3. The topological polar surface area (TPSA) is 125 Å². The first-order chi connectivity index (χ1) is 15.1. The standard InChI is InChI=1S/C22H30N4O5S/c1-26(2)32(30,31)18-5-3-4-17(9-18)20(28)25-24-19(27)13-23-21(29)22-10-14-6-15(11-22)8-16(7-14)12-22/h3-5,9,14-16H,6-8,10-13H2,1-2H3,(H,23,29)(H,24,27)(H,25,28). The molecule has 0 spiro atoms. The van der Waals surface area contributed by atoms with Crippen molar-refractivity contribution in [3.63, 3.8) is 0 Å². The van der Waals surface area contributed by atoms with Gasteiger partial charge in [0.05, 0.1) is 11.4 Å². The zero-order valence-electron chi connectivity index (χ0n) is 18.4. The third kappa shape index (κ3) is 4.38. The second-order valence-corrected chi connectivity index (χ2v) is 11.8. The van der Waals surface area contributed by atoms with Crippen molar-refractivity contribution >= 4 is 27.7 Å². The van der Waals surface area contributed by atoms with Crippen LogP contribution in [0.2, 0.25) is 0 Å². The Labute approximate surface area is 188 Å². The Morgan fingerprint density at radius 1 is 1.00 bits per heavy atom. The van der Waals surface area contributed by atoms with Gasteiger partial charge in [0.15, 0.2) is 0 Å².